The van der Waals surface area contributed by atoms with E-state index < -0.39 is 0 Å². The standard InChI is InChI=1S/C15H17NO2/c1-16-15(12-4-8-14(18)9-5-12)10-11-2-6-13(17)7-3-11/h2-9,15-18H,10H2,1H3. The maximum absolute atomic E-state index is 9.28. The highest BCUT2D eigenvalue weighted by Gasteiger charge is 2.09. The first-order valence-electron chi connectivity index (χ1n) is 5.93. The van der Waals surface area contributed by atoms with Gasteiger partial charge in [-0.3, -0.25) is 0 Å². The van der Waals surface area contributed by atoms with E-state index in [2.05, 4.69) is 5.32 Å². The molecule has 0 saturated heterocycles. The number of benzene rings is 2. The largest absolute Gasteiger partial charge is 0.508 e. The molecule has 18 heavy (non-hydrogen) atoms. The fraction of sp³-hybridized carbons (Fsp3) is 0.200. The van der Waals surface area contributed by atoms with E-state index in [-0.39, 0.29) is 17.5 Å². The number of phenols is 2. The lowest BCUT2D eigenvalue weighted by molar-refractivity contribution is 0.473. The highest BCUT2D eigenvalue weighted by atomic mass is 16.3. The molecule has 0 aliphatic heterocycles. The van der Waals surface area contributed by atoms with E-state index in [1.54, 1.807) is 24.3 Å². The first-order chi connectivity index (χ1) is 8.69. The summed E-state index contributed by atoms with van der Waals surface area (Å²) >= 11 is 0. The summed E-state index contributed by atoms with van der Waals surface area (Å²) in [5, 5.41) is 21.8. The fourth-order valence-corrected chi connectivity index (χ4v) is 1.96. The Bertz CT molecular complexity index is 491. The molecular formula is C15H17NO2. The van der Waals surface area contributed by atoms with Gasteiger partial charge in [0.2, 0.25) is 0 Å². The van der Waals surface area contributed by atoms with Crippen LogP contribution in [-0.2, 0) is 6.42 Å². The molecule has 3 N–H and O–H groups in total. The van der Waals surface area contributed by atoms with E-state index in [9.17, 15) is 10.2 Å². The molecule has 2 rings (SSSR count). The van der Waals surface area contributed by atoms with E-state index in [0.717, 1.165) is 17.5 Å². The molecule has 0 aliphatic rings. The van der Waals surface area contributed by atoms with Gasteiger partial charge in [0.1, 0.15) is 11.5 Å². The third kappa shape index (κ3) is 3.02. The highest BCUT2D eigenvalue weighted by Crippen LogP contribution is 2.21. The molecule has 0 amide bonds. The molecule has 0 bridgehead atoms. The van der Waals surface area contributed by atoms with Crippen molar-refractivity contribution in [3.8, 4) is 11.5 Å². The van der Waals surface area contributed by atoms with Gasteiger partial charge in [-0.15, -0.1) is 0 Å². The Balaban J connectivity index is 2.14. The average molecular weight is 243 g/mol. The molecule has 1 atom stereocenters. The Hall–Kier alpha value is -2.00. The number of phenolic OH excluding ortho intramolecular Hbond substituents is 2. The van der Waals surface area contributed by atoms with Gasteiger partial charge in [0.05, 0.1) is 0 Å². The average Bonchev–Trinajstić information content (AvgIpc) is 2.39. The van der Waals surface area contributed by atoms with Crippen LogP contribution in [0.2, 0.25) is 0 Å². The zero-order valence-corrected chi connectivity index (χ0v) is 10.3. The van der Waals surface area contributed by atoms with Gasteiger partial charge in [0.25, 0.3) is 0 Å². The Morgan fingerprint density at radius 2 is 1.39 bits per heavy atom. The molecule has 0 radical (unpaired) electrons. The van der Waals surface area contributed by atoms with E-state index in [1.165, 1.54) is 0 Å². The number of nitrogens with one attached hydrogen (secondary N) is 1. The molecule has 1 unspecified atom stereocenters. The van der Waals surface area contributed by atoms with Crippen LogP contribution in [0.25, 0.3) is 0 Å². The van der Waals surface area contributed by atoms with Crippen molar-refractivity contribution < 1.29 is 10.2 Å². The molecule has 0 saturated carbocycles. The Kier molecular flexibility index (Phi) is 3.85. The van der Waals surface area contributed by atoms with E-state index in [0.29, 0.717) is 0 Å². The summed E-state index contributed by atoms with van der Waals surface area (Å²) in [7, 11) is 1.91. The Labute approximate surface area is 107 Å². The molecule has 94 valence electrons. The molecule has 0 fully saturated rings. The van der Waals surface area contributed by atoms with Crippen LogP contribution in [0.4, 0.5) is 0 Å². The van der Waals surface area contributed by atoms with Crippen LogP contribution < -0.4 is 5.32 Å². The van der Waals surface area contributed by atoms with E-state index >= 15 is 0 Å². The number of hydrogen-bond donors (Lipinski definition) is 3. The fourth-order valence-electron chi connectivity index (χ4n) is 1.96. The van der Waals surface area contributed by atoms with Gasteiger partial charge >= 0.3 is 0 Å². The van der Waals surface area contributed by atoms with Crippen LogP contribution in [0.1, 0.15) is 17.2 Å². The predicted molar refractivity (Wildman–Crippen MR) is 71.7 cm³/mol. The van der Waals surface area contributed by atoms with Crippen molar-refractivity contribution in [3.05, 3.63) is 59.7 Å². The third-order valence-corrected chi connectivity index (χ3v) is 3.02. The van der Waals surface area contributed by atoms with Gasteiger partial charge < -0.3 is 15.5 Å². The SMILES string of the molecule is CNC(Cc1ccc(O)cc1)c1ccc(O)cc1. The van der Waals surface area contributed by atoms with Crippen LogP contribution in [0.15, 0.2) is 48.5 Å². The lowest BCUT2D eigenvalue weighted by atomic mass is 9.99. The van der Waals surface area contributed by atoms with E-state index in [1.807, 2.05) is 31.3 Å². The van der Waals surface area contributed by atoms with Crippen LogP contribution >= 0.6 is 0 Å². The number of aromatic hydroxyl groups is 2. The van der Waals surface area contributed by atoms with Crippen molar-refractivity contribution in [2.45, 2.75) is 12.5 Å². The molecule has 3 heteroatoms. The summed E-state index contributed by atoms with van der Waals surface area (Å²) in [5.41, 5.74) is 2.28. The second kappa shape index (κ2) is 5.56. The Morgan fingerprint density at radius 3 is 1.89 bits per heavy atom. The summed E-state index contributed by atoms with van der Waals surface area (Å²) in [6, 6.07) is 14.6. The van der Waals surface area contributed by atoms with Gasteiger partial charge in [-0.05, 0) is 48.9 Å². The summed E-state index contributed by atoms with van der Waals surface area (Å²) in [4.78, 5) is 0. The first-order valence-corrected chi connectivity index (χ1v) is 5.93. The van der Waals surface area contributed by atoms with Gasteiger partial charge in [0, 0.05) is 6.04 Å². The second-order valence-electron chi connectivity index (χ2n) is 4.30. The van der Waals surface area contributed by atoms with Crippen molar-refractivity contribution in [3.63, 3.8) is 0 Å². The highest BCUT2D eigenvalue weighted by molar-refractivity contribution is 5.31. The molecule has 0 heterocycles. The third-order valence-electron chi connectivity index (χ3n) is 3.02. The van der Waals surface area contributed by atoms with Gasteiger partial charge in [-0.25, -0.2) is 0 Å². The summed E-state index contributed by atoms with van der Waals surface area (Å²) < 4.78 is 0. The lowest BCUT2D eigenvalue weighted by Crippen LogP contribution is -2.18. The summed E-state index contributed by atoms with van der Waals surface area (Å²) in [6.07, 6.45) is 0.835. The lowest BCUT2D eigenvalue weighted by Gasteiger charge is -2.17. The Morgan fingerprint density at radius 1 is 0.889 bits per heavy atom. The summed E-state index contributed by atoms with van der Waals surface area (Å²) in [5.74, 6) is 0.558. The monoisotopic (exact) mass is 243 g/mol. The normalized spacial score (nSPS) is 12.3. The minimum Gasteiger partial charge on any atom is -0.508 e. The number of hydrogen-bond acceptors (Lipinski definition) is 3. The zero-order chi connectivity index (χ0) is 13.0. The molecule has 0 aliphatic carbocycles. The molecular weight excluding hydrogens is 226 g/mol. The van der Waals surface area contributed by atoms with Gasteiger partial charge in [-0.2, -0.15) is 0 Å². The number of likely N-dealkylation sites (N-methyl/N-ethyl adjacent to an activating group) is 1. The van der Waals surface area contributed by atoms with Crippen LogP contribution in [0.3, 0.4) is 0 Å². The predicted octanol–water partition coefficient (Wildman–Crippen LogP) is 2.60. The first kappa shape index (κ1) is 12.5. The summed E-state index contributed by atoms with van der Waals surface area (Å²) in [6.45, 7) is 0. The molecule has 2 aromatic rings. The molecule has 0 spiro atoms. The van der Waals surface area contributed by atoms with Crippen molar-refractivity contribution in [1.82, 2.24) is 5.32 Å². The van der Waals surface area contributed by atoms with Crippen molar-refractivity contribution in [1.29, 1.82) is 0 Å². The quantitative estimate of drug-likeness (QED) is 0.773. The second-order valence-corrected chi connectivity index (χ2v) is 4.30. The van der Waals surface area contributed by atoms with Gasteiger partial charge in [-0.1, -0.05) is 24.3 Å². The molecule has 2 aromatic carbocycles. The van der Waals surface area contributed by atoms with Crippen LogP contribution in [-0.4, -0.2) is 17.3 Å². The maximum atomic E-state index is 9.28. The van der Waals surface area contributed by atoms with Crippen LogP contribution in [0, 0.1) is 0 Å². The van der Waals surface area contributed by atoms with E-state index in [4.69, 9.17) is 0 Å². The smallest absolute Gasteiger partial charge is 0.115 e. The number of rotatable bonds is 4. The maximum Gasteiger partial charge on any atom is 0.115 e. The topological polar surface area (TPSA) is 52.5 Å². The van der Waals surface area contributed by atoms with Crippen LogP contribution in [0.5, 0.6) is 11.5 Å². The minimum atomic E-state index is 0.190. The molecule has 3 nitrogen and oxygen atoms in total. The van der Waals surface area contributed by atoms with Crippen molar-refractivity contribution >= 4 is 0 Å². The van der Waals surface area contributed by atoms with Gasteiger partial charge in [0.15, 0.2) is 0 Å². The zero-order valence-electron chi connectivity index (χ0n) is 10.3. The molecule has 0 aromatic heterocycles. The minimum absolute atomic E-state index is 0.190. The van der Waals surface area contributed by atoms with Crippen molar-refractivity contribution in [2.75, 3.05) is 7.05 Å². The van der Waals surface area contributed by atoms with Crippen molar-refractivity contribution in [2.24, 2.45) is 0 Å².